The van der Waals surface area contributed by atoms with Crippen LogP contribution in [0, 0.1) is 25.4 Å². The van der Waals surface area contributed by atoms with Gasteiger partial charge in [-0.2, -0.15) is 5.10 Å². The highest BCUT2D eigenvalue weighted by atomic mass is 35.5. The molecule has 2 aromatic rings. The van der Waals surface area contributed by atoms with E-state index in [-0.39, 0.29) is 0 Å². The van der Waals surface area contributed by atoms with Crippen molar-refractivity contribution in [3.05, 3.63) is 44.3 Å². The lowest BCUT2D eigenvalue weighted by atomic mass is 10.1. The van der Waals surface area contributed by atoms with Crippen LogP contribution in [0.25, 0.3) is 5.82 Å². The molecule has 2 aromatic heterocycles. The van der Waals surface area contributed by atoms with Crippen LogP contribution in [-0.2, 0) is 0 Å². The number of halogens is 2. The Morgan fingerprint density at radius 2 is 1.90 bits per heavy atom. The van der Waals surface area contributed by atoms with Crippen molar-refractivity contribution in [3.8, 4) is 5.82 Å². The number of nitrogens with zero attached hydrogens (tertiary/aromatic N) is 3. The zero-order valence-electron chi connectivity index (χ0n) is 11.7. The van der Waals surface area contributed by atoms with Gasteiger partial charge in [-0.05, 0) is 45.4 Å². The van der Waals surface area contributed by atoms with E-state index in [9.17, 15) is 4.39 Å². The van der Waals surface area contributed by atoms with Gasteiger partial charge >= 0.3 is 0 Å². The van der Waals surface area contributed by atoms with Crippen molar-refractivity contribution >= 4 is 23.8 Å². The first-order valence-electron chi connectivity index (χ1n) is 6.20. The zero-order chi connectivity index (χ0) is 15.0. The maximum Gasteiger partial charge on any atom is 0.158 e. The van der Waals surface area contributed by atoms with Crippen LogP contribution in [0.15, 0.2) is 12.1 Å². The van der Waals surface area contributed by atoms with Crippen molar-refractivity contribution < 1.29 is 4.39 Å². The SMILES string of the molecule is Cc1cc(Cl)c(C)nc1-n1nc(C)c(C(C)F)cc1=S. The number of aryl methyl sites for hydroxylation is 3. The van der Waals surface area contributed by atoms with Crippen molar-refractivity contribution in [1.82, 2.24) is 14.8 Å². The molecule has 20 heavy (non-hydrogen) atoms. The minimum Gasteiger partial charge on any atom is -0.243 e. The summed E-state index contributed by atoms with van der Waals surface area (Å²) in [6.07, 6.45) is -1.10. The molecule has 0 aromatic carbocycles. The van der Waals surface area contributed by atoms with Crippen LogP contribution >= 0.6 is 23.8 Å². The van der Waals surface area contributed by atoms with Crippen LogP contribution in [-0.4, -0.2) is 14.8 Å². The molecule has 0 amide bonds. The molecule has 106 valence electrons. The molecule has 1 atom stereocenters. The van der Waals surface area contributed by atoms with Crippen LogP contribution < -0.4 is 0 Å². The smallest absolute Gasteiger partial charge is 0.158 e. The molecule has 0 saturated carbocycles. The predicted octanol–water partition coefficient (Wildman–Crippen LogP) is 4.61. The fourth-order valence-corrected chi connectivity index (χ4v) is 2.44. The normalized spacial score (nSPS) is 12.5. The number of aromatic nitrogens is 3. The highest BCUT2D eigenvalue weighted by Crippen LogP contribution is 2.23. The molecule has 2 heterocycles. The minimum absolute atomic E-state index is 0.424. The summed E-state index contributed by atoms with van der Waals surface area (Å²) in [5.41, 5.74) is 2.68. The zero-order valence-corrected chi connectivity index (χ0v) is 13.3. The Labute approximate surface area is 127 Å². The maximum absolute atomic E-state index is 13.5. The van der Waals surface area contributed by atoms with Crippen molar-refractivity contribution in [2.45, 2.75) is 33.9 Å². The highest BCUT2D eigenvalue weighted by Gasteiger charge is 2.13. The molecule has 2 rings (SSSR count). The molecule has 3 nitrogen and oxygen atoms in total. The second-order valence-corrected chi connectivity index (χ2v) is 5.57. The predicted molar refractivity (Wildman–Crippen MR) is 80.9 cm³/mol. The maximum atomic E-state index is 13.5. The van der Waals surface area contributed by atoms with Gasteiger partial charge in [0, 0.05) is 5.56 Å². The second kappa shape index (κ2) is 5.58. The van der Waals surface area contributed by atoms with Gasteiger partial charge in [-0.15, -0.1) is 0 Å². The fourth-order valence-electron chi connectivity index (χ4n) is 1.98. The van der Waals surface area contributed by atoms with Crippen LogP contribution in [0.3, 0.4) is 0 Å². The van der Waals surface area contributed by atoms with Crippen LogP contribution in [0.1, 0.15) is 35.6 Å². The van der Waals surface area contributed by atoms with Crippen molar-refractivity contribution in [3.63, 3.8) is 0 Å². The quantitative estimate of drug-likeness (QED) is 0.759. The standard InChI is InChI=1S/C14H15ClFN3S/c1-7-5-12(15)10(4)17-14(7)19-13(20)6-11(8(2)16)9(3)18-19/h5-6,8H,1-4H3. The molecule has 0 saturated heterocycles. The number of rotatable bonds is 2. The van der Waals surface area contributed by atoms with E-state index in [2.05, 4.69) is 10.1 Å². The molecule has 0 fully saturated rings. The first-order valence-corrected chi connectivity index (χ1v) is 6.99. The third-order valence-corrected chi connectivity index (χ3v) is 3.77. The van der Waals surface area contributed by atoms with Gasteiger partial charge < -0.3 is 0 Å². The third-order valence-electron chi connectivity index (χ3n) is 3.10. The first-order chi connectivity index (χ1) is 9.31. The van der Waals surface area contributed by atoms with Gasteiger partial charge in [0.25, 0.3) is 0 Å². The van der Waals surface area contributed by atoms with Gasteiger partial charge in [-0.25, -0.2) is 14.1 Å². The van der Waals surface area contributed by atoms with E-state index in [4.69, 9.17) is 23.8 Å². The first kappa shape index (κ1) is 15.1. The Balaban J connectivity index is 2.68. The summed E-state index contributed by atoms with van der Waals surface area (Å²) in [7, 11) is 0. The number of hydrogen-bond acceptors (Lipinski definition) is 3. The molecule has 6 heteroatoms. The van der Waals surface area contributed by atoms with E-state index in [1.807, 2.05) is 19.9 Å². The average molecular weight is 312 g/mol. The summed E-state index contributed by atoms with van der Waals surface area (Å²) in [5.74, 6) is 0.623. The van der Waals surface area contributed by atoms with Crippen LogP contribution in [0.4, 0.5) is 4.39 Å². The summed E-state index contributed by atoms with van der Waals surface area (Å²) >= 11 is 11.3. The molecule has 0 spiro atoms. The Kier molecular flexibility index (Phi) is 4.20. The van der Waals surface area contributed by atoms with Gasteiger partial charge in [0.1, 0.15) is 10.8 Å². The highest BCUT2D eigenvalue weighted by molar-refractivity contribution is 7.71. The lowest BCUT2D eigenvalue weighted by molar-refractivity contribution is 0.370. The van der Waals surface area contributed by atoms with Crippen molar-refractivity contribution in [2.75, 3.05) is 0 Å². The molecular weight excluding hydrogens is 297 g/mol. The Morgan fingerprint density at radius 3 is 2.50 bits per heavy atom. The van der Waals surface area contributed by atoms with Crippen LogP contribution in [0.5, 0.6) is 0 Å². The number of hydrogen-bond donors (Lipinski definition) is 0. The molecule has 0 N–H and O–H groups in total. The van der Waals surface area contributed by atoms with E-state index in [1.54, 1.807) is 17.7 Å². The topological polar surface area (TPSA) is 30.7 Å². The molecular formula is C14H15ClFN3S. The number of alkyl halides is 1. The minimum atomic E-state index is -1.10. The fraction of sp³-hybridized carbons (Fsp3) is 0.357. The Bertz CT molecular complexity index is 725. The van der Waals surface area contributed by atoms with E-state index in [0.29, 0.717) is 32.4 Å². The lowest BCUT2D eigenvalue weighted by Crippen LogP contribution is -2.11. The Morgan fingerprint density at radius 1 is 1.25 bits per heavy atom. The molecule has 0 radical (unpaired) electrons. The summed E-state index contributed by atoms with van der Waals surface area (Å²) in [6.45, 7) is 6.94. The van der Waals surface area contributed by atoms with Crippen molar-refractivity contribution in [2.24, 2.45) is 0 Å². The molecule has 0 aliphatic rings. The molecule has 0 bridgehead atoms. The number of pyridine rings is 1. The summed E-state index contributed by atoms with van der Waals surface area (Å²) in [6, 6.07) is 3.46. The summed E-state index contributed by atoms with van der Waals surface area (Å²) in [5, 5.41) is 4.96. The molecule has 0 aliphatic carbocycles. The van der Waals surface area contributed by atoms with Gasteiger partial charge in [0.2, 0.25) is 0 Å². The molecule has 1 unspecified atom stereocenters. The van der Waals surface area contributed by atoms with Gasteiger partial charge in [0.15, 0.2) is 5.82 Å². The summed E-state index contributed by atoms with van der Waals surface area (Å²) in [4.78, 5) is 4.43. The lowest BCUT2D eigenvalue weighted by Gasteiger charge is -2.13. The van der Waals surface area contributed by atoms with Gasteiger partial charge in [-0.1, -0.05) is 23.8 Å². The third kappa shape index (κ3) is 2.74. The van der Waals surface area contributed by atoms with E-state index < -0.39 is 6.17 Å². The molecule has 0 aliphatic heterocycles. The van der Waals surface area contributed by atoms with E-state index in [0.717, 1.165) is 5.56 Å². The Hall–Kier alpha value is -1.33. The second-order valence-electron chi connectivity index (χ2n) is 4.75. The van der Waals surface area contributed by atoms with Gasteiger partial charge in [-0.3, -0.25) is 0 Å². The average Bonchev–Trinajstić information content (AvgIpc) is 2.36. The monoisotopic (exact) mass is 311 g/mol. The van der Waals surface area contributed by atoms with Gasteiger partial charge in [0.05, 0.1) is 16.4 Å². The summed E-state index contributed by atoms with van der Waals surface area (Å²) < 4.78 is 15.5. The van der Waals surface area contributed by atoms with Crippen LogP contribution in [0.2, 0.25) is 5.02 Å². The van der Waals surface area contributed by atoms with E-state index >= 15 is 0 Å². The van der Waals surface area contributed by atoms with E-state index in [1.165, 1.54) is 6.92 Å². The van der Waals surface area contributed by atoms with Crippen molar-refractivity contribution in [1.29, 1.82) is 0 Å². The largest absolute Gasteiger partial charge is 0.243 e.